The molecule has 4 N–H and O–H groups in total. The topological polar surface area (TPSA) is 110 Å². The number of phenols is 2. The summed E-state index contributed by atoms with van der Waals surface area (Å²) in [5, 5.41) is 40.9. The van der Waals surface area contributed by atoms with E-state index in [-0.39, 0.29) is 42.7 Å². The first-order valence-corrected chi connectivity index (χ1v) is 15.0. The van der Waals surface area contributed by atoms with Gasteiger partial charge in [-0.15, -0.1) is 12.4 Å². The molecule has 0 spiro atoms. The molecule has 0 saturated carbocycles. The number of ketones is 1. The molecule has 3 aromatic rings. The summed E-state index contributed by atoms with van der Waals surface area (Å²) in [6.07, 6.45) is 6.27. The van der Waals surface area contributed by atoms with Crippen LogP contribution >= 0.6 is 35.8 Å². The van der Waals surface area contributed by atoms with E-state index in [0.717, 1.165) is 18.0 Å². The van der Waals surface area contributed by atoms with Crippen LogP contribution in [0.3, 0.4) is 0 Å². The highest BCUT2D eigenvalue weighted by atomic mass is 35.5. The van der Waals surface area contributed by atoms with E-state index in [9.17, 15) is 25.2 Å². The number of phenolic OH excluding ortho intramolecular Hbond substituents is 2. The zero-order valence-electron chi connectivity index (χ0n) is 24.0. The number of fused-ring (bicyclic) bond motifs is 6. The third-order valence-corrected chi connectivity index (χ3v) is 9.18. The van der Waals surface area contributed by atoms with Crippen LogP contribution in [-0.4, -0.2) is 64.0 Å². The largest absolute Gasteiger partial charge is 0.504 e. The average molecular weight is 653 g/mol. The molecule has 10 heteroatoms. The van der Waals surface area contributed by atoms with Gasteiger partial charge in [-0.2, -0.15) is 0 Å². The molecule has 0 bridgehead atoms. The molecule has 1 atom stereocenters. The highest BCUT2D eigenvalue weighted by molar-refractivity contribution is 7.99. The minimum atomic E-state index is -1.33. The molecule has 0 amide bonds. The van der Waals surface area contributed by atoms with Crippen LogP contribution in [0.1, 0.15) is 28.7 Å². The van der Waals surface area contributed by atoms with E-state index >= 15 is 0 Å². The van der Waals surface area contributed by atoms with E-state index in [1.807, 2.05) is 17.8 Å². The van der Waals surface area contributed by atoms with Crippen LogP contribution in [-0.2, 0) is 16.0 Å². The van der Waals surface area contributed by atoms with E-state index in [0.29, 0.717) is 22.3 Å². The van der Waals surface area contributed by atoms with Crippen molar-refractivity contribution in [2.75, 3.05) is 27.2 Å². The minimum absolute atomic E-state index is 0. The Morgan fingerprint density at radius 3 is 2.48 bits per heavy atom. The number of ether oxygens (including phenoxy) is 1. The molecule has 1 unspecified atom stereocenters. The molecular weight excluding hydrogens is 621 g/mol. The molecule has 7 rings (SSSR count). The van der Waals surface area contributed by atoms with Gasteiger partial charge in [0.15, 0.2) is 17.3 Å². The molecule has 0 aromatic heterocycles. The summed E-state index contributed by atoms with van der Waals surface area (Å²) in [7, 11) is 4.21. The van der Waals surface area contributed by atoms with Crippen molar-refractivity contribution in [1.29, 1.82) is 0 Å². The quantitative estimate of drug-likeness (QED) is 0.181. The molecule has 3 aromatic carbocycles. The maximum atomic E-state index is 11.5. The summed E-state index contributed by atoms with van der Waals surface area (Å²) in [5.41, 5.74) is 4.68. The van der Waals surface area contributed by atoms with Crippen LogP contribution in [0.25, 0.3) is 11.1 Å². The standard InChI is InChI=1S/C18H18ClNS.C16H12O6.ClH/c1-20(2)11-5-7-14-15-6-3-4-8-17(15)21-18-10-9-13(19)12-16(14)18;17-10-2-1-8-13-9-4-12(19)11(18)3-7(9)5-16(13,21)6-22-15(8)14(10)20;/h3-4,6-10,12H,5,11H2,1-2H3;1-4,18-21H,5-6H2;1H. The fourth-order valence-corrected chi connectivity index (χ4v) is 7.05. The number of rotatable bonds is 3. The Hall–Kier alpha value is -3.66. The summed E-state index contributed by atoms with van der Waals surface area (Å²) in [4.78, 5) is 16.3. The van der Waals surface area contributed by atoms with Gasteiger partial charge in [-0.1, -0.05) is 47.6 Å². The van der Waals surface area contributed by atoms with E-state index in [1.165, 1.54) is 50.8 Å². The fraction of sp³-hybridized carbons (Fsp3) is 0.206. The number of nitrogens with zero attached hydrogens (tertiary/aromatic N) is 1. The number of hydrogen-bond acceptors (Lipinski definition) is 8. The Kier molecular flexibility index (Phi) is 8.94. The number of hydrogen-bond donors (Lipinski definition) is 4. The molecule has 2 aliphatic carbocycles. The predicted molar refractivity (Wildman–Crippen MR) is 175 cm³/mol. The Labute approximate surface area is 270 Å². The molecule has 4 aliphatic rings. The number of aromatic hydroxyl groups is 2. The number of halogens is 2. The highest BCUT2D eigenvalue weighted by Crippen LogP contribution is 2.51. The average Bonchev–Trinajstić information content (AvgIpc) is 3.26. The lowest BCUT2D eigenvalue weighted by Gasteiger charge is -2.33. The summed E-state index contributed by atoms with van der Waals surface area (Å²) in [5.74, 6) is -1.58. The van der Waals surface area contributed by atoms with E-state index in [1.54, 1.807) is 0 Å². The number of carbonyl (C=O) groups is 1. The zero-order valence-corrected chi connectivity index (χ0v) is 26.4. The number of allylic oxidation sites excluding steroid dienone is 2. The second-order valence-corrected chi connectivity index (χ2v) is 12.6. The van der Waals surface area contributed by atoms with E-state index in [2.05, 4.69) is 61.5 Å². The lowest BCUT2D eigenvalue weighted by Crippen LogP contribution is -2.39. The molecule has 0 radical (unpaired) electrons. The van der Waals surface area contributed by atoms with Crippen molar-refractivity contribution in [2.45, 2.75) is 28.2 Å². The van der Waals surface area contributed by atoms with Gasteiger partial charge in [0, 0.05) is 38.9 Å². The normalized spacial score (nSPS) is 20.1. The Morgan fingerprint density at radius 2 is 1.70 bits per heavy atom. The highest BCUT2D eigenvalue weighted by Gasteiger charge is 2.48. The van der Waals surface area contributed by atoms with E-state index in [4.69, 9.17) is 16.3 Å². The van der Waals surface area contributed by atoms with Crippen molar-refractivity contribution >= 4 is 52.7 Å². The van der Waals surface area contributed by atoms with Crippen molar-refractivity contribution in [1.82, 2.24) is 4.90 Å². The van der Waals surface area contributed by atoms with Gasteiger partial charge >= 0.3 is 0 Å². The minimum Gasteiger partial charge on any atom is -0.504 e. The van der Waals surface area contributed by atoms with Gasteiger partial charge in [-0.05, 0) is 96.9 Å². The molecule has 228 valence electrons. The van der Waals surface area contributed by atoms with Gasteiger partial charge in [-0.3, -0.25) is 4.79 Å². The van der Waals surface area contributed by atoms with Gasteiger partial charge in [-0.25, -0.2) is 0 Å². The van der Waals surface area contributed by atoms with Crippen LogP contribution in [0.5, 0.6) is 11.5 Å². The molecular formula is C34H31Cl2NO6S. The lowest BCUT2D eigenvalue weighted by molar-refractivity contribution is -0.114. The smallest absolute Gasteiger partial charge is 0.224 e. The number of aliphatic hydroxyl groups excluding tert-OH is 1. The summed E-state index contributed by atoms with van der Waals surface area (Å²) >= 11 is 8.03. The number of aliphatic hydroxyl groups is 2. The van der Waals surface area contributed by atoms with Crippen LogP contribution < -0.4 is 0 Å². The first-order chi connectivity index (χ1) is 20.6. The molecule has 2 heterocycles. The molecule has 0 fully saturated rings. The maximum Gasteiger partial charge on any atom is 0.224 e. The Balaban J connectivity index is 0.000000171. The summed E-state index contributed by atoms with van der Waals surface area (Å²) in [6.45, 7) is 0.928. The third-order valence-electron chi connectivity index (χ3n) is 7.79. The van der Waals surface area contributed by atoms with Gasteiger partial charge in [0.25, 0.3) is 0 Å². The van der Waals surface area contributed by atoms with Crippen LogP contribution in [0.2, 0.25) is 5.02 Å². The fourth-order valence-electron chi connectivity index (χ4n) is 5.79. The molecule has 44 heavy (non-hydrogen) atoms. The van der Waals surface area contributed by atoms with Crippen LogP contribution in [0.15, 0.2) is 99.7 Å². The van der Waals surface area contributed by atoms with E-state index < -0.39 is 17.1 Å². The Bertz CT molecular complexity index is 1790. The van der Waals surface area contributed by atoms with Crippen molar-refractivity contribution < 1.29 is 30.0 Å². The second kappa shape index (κ2) is 12.4. The SMILES string of the molecule is CN(C)CCC=C1c2ccccc2Sc2ccc(Cl)cc21.Cl.O=C1C=CC2=C3c4cc(O)c(O)cc4CC3(O)COC2=C1O. The van der Waals surface area contributed by atoms with Crippen molar-refractivity contribution in [3.8, 4) is 11.5 Å². The lowest BCUT2D eigenvalue weighted by atomic mass is 9.85. The third kappa shape index (κ3) is 5.76. The first-order valence-electron chi connectivity index (χ1n) is 13.8. The molecule has 2 aliphatic heterocycles. The summed E-state index contributed by atoms with van der Waals surface area (Å²) in [6, 6.07) is 17.5. The van der Waals surface area contributed by atoms with Crippen LogP contribution in [0, 0.1) is 0 Å². The second-order valence-electron chi connectivity index (χ2n) is 11.1. The zero-order chi connectivity index (χ0) is 30.5. The van der Waals surface area contributed by atoms with Gasteiger partial charge in [0.2, 0.25) is 11.5 Å². The molecule has 7 nitrogen and oxygen atoms in total. The van der Waals surface area contributed by atoms with Crippen LogP contribution in [0.4, 0.5) is 0 Å². The van der Waals surface area contributed by atoms with Gasteiger partial charge < -0.3 is 30.1 Å². The molecule has 0 saturated heterocycles. The first kappa shape index (κ1) is 31.8. The van der Waals surface area contributed by atoms with Crippen molar-refractivity contribution in [2.24, 2.45) is 0 Å². The number of carbonyl (C=O) groups excluding carboxylic acids is 1. The predicted octanol–water partition coefficient (Wildman–Crippen LogP) is 6.69. The Morgan fingerprint density at radius 1 is 0.977 bits per heavy atom. The summed E-state index contributed by atoms with van der Waals surface area (Å²) < 4.78 is 5.40. The van der Waals surface area contributed by atoms with Gasteiger partial charge in [0.05, 0.1) is 0 Å². The maximum absolute atomic E-state index is 11.5. The monoisotopic (exact) mass is 651 g/mol. The van der Waals surface area contributed by atoms with Crippen molar-refractivity contribution in [3.05, 3.63) is 117 Å². The van der Waals surface area contributed by atoms with Crippen molar-refractivity contribution in [3.63, 3.8) is 0 Å². The van der Waals surface area contributed by atoms with Gasteiger partial charge in [0.1, 0.15) is 12.2 Å². The number of benzene rings is 3.